The van der Waals surface area contributed by atoms with Gasteiger partial charge in [0.1, 0.15) is 12.4 Å². The molecule has 0 aromatic heterocycles. The number of hydrogen-bond donors (Lipinski definition) is 1. The van der Waals surface area contributed by atoms with E-state index in [1.807, 2.05) is 24.3 Å². The quantitative estimate of drug-likeness (QED) is 0.934. The summed E-state index contributed by atoms with van der Waals surface area (Å²) in [4.78, 5) is 0. The SMILES string of the molecule is Brc1cccc(OCC2Cc3ccccc3CN2)c1. The van der Waals surface area contributed by atoms with Crippen molar-refractivity contribution >= 4 is 15.9 Å². The van der Waals surface area contributed by atoms with Gasteiger partial charge in [-0.05, 0) is 35.7 Å². The number of fused-ring (bicyclic) bond motifs is 1. The number of halogens is 1. The summed E-state index contributed by atoms with van der Waals surface area (Å²) in [5.41, 5.74) is 2.84. The molecule has 0 fully saturated rings. The standard InChI is InChI=1S/C16H16BrNO/c17-14-6-3-7-16(9-14)19-11-15-8-12-4-1-2-5-13(12)10-18-15/h1-7,9,15,18H,8,10-11H2. The zero-order valence-electron chi connectivity index (χ0n) is 10.6. The minimum absolute atomic E-state index is 0.383. The van der Waals surface area contributed by atoms with E-state index in [1.165, 1.54) is 11.1 Å². The fourth-order valence-electron chi connectivity index (χ4n) is 2.39. The van der Waals surface area contributed by atoms with Crippen LogP contribution in [0.15, 0.2) is 53.0 Å². The highest BCUT2D eigenvalue weighted by molar-refractivity contribution is 9.10. The van der Waals surface area contributed by atoms with Crippen LogP contribution in [-0.4, -0.2) is 12.6 Å². The molecule has 0 spiro atoms. The summed E-state index contributed by atoms with van der Waals surface area (Å²) in [6, 6.07) is 17.0. The van der Waals surface area contributed by atoms with Gasteiger partial charge >= 0.3 is 0 Å². The molecule has 0 aliphatic carbocycles. The van der Waals surface area contributed by atoms with E-state index in [1.54, 1.807) is 0 Å². The van der Waals surface area contributed by atoms with Crippen LogP contribution in [0.25, 0.3) is 0 Å². The first kappa shape index (κ1) is 12.7. The molecule has 0 bridgehead atoms. The van der Waals surface area contributed by atoms with Crippen LogP contribution >= 0.6 is 15.9 Å². The lowest BCUT2D eigenvalue weighted by atomic mass is 9.96. The van der Waals surface area contributed by atoms with Crippen molar-refractivity contribution in [3.8, 4) is 5.75 Å². The molecule has 3 rings (SSSR count). The van der Waals surface area contributed by atoms with Crippen molar-refractivity contribution in [3.05, 3.63) is 64.1 Å². The molecule has 1 unspecified atom stereocenters. The molecule has 1 aliphatic rings. The van der Waals surface area contributed by atoms with Crippen molar-refractivity contribution in [2.45, 2.75) is 19.0 Å². The molecular formula is C16H16BrNO. The van der Waals surface area contributed by atoms with Crippen LogP contribution in [0.2, 0.25) is 0 Å². The van der Waals surface area contributed by atoms with Gasteiger partial charge in [0, 0.05) is 17.1 Å². The molecule has 0 radical (unpaired) electrons. The van der Waals surface area contributed by atoms with E-state index in [0.717, 1.165) is 23.2 Å². The van der Waals surface area contributed by atoms with E-state index in [0.29, 0.717) is 12.6 Å². The van der Waals surface area contributed by atoms with Crippen molar-refractivity contribution in [1.29, 1.82) is 0 Å². The number of ether oxygens (including phenoxy) is 1. The lowest BCUT2D eigenvalue weighted by Crippen LogP contribution is -2.39. The maximum atomic E-state index is 5.85. The highest BCUT2D eigenvalue weighted by Gasteiger charge is 2.17. The van der Waals surface area contributed by atoms with Gasteiger partial charge in [0.15, 0.2) is 0 Å². The Morgan fingerprint density at radius 3 is 2.79 bits per heavy atom. The van der Waals surface area contributed by atoms with E-state index in [-0.39, 0.29) is 0 Å². The molecule has 19 heavy (non-hydrogen) atoms. The van der Waals surface area contributed by atoms with E-state index < -0.39 is 0 Å². The monoisotopic (exact) mass is 317 g/mol. The van der Waals surface area contributed by atoms with Crippen LogP contribution in [0.5, 0.6) is 5.75 Å². The zero-order valence-corrected chi connectivity index (χ0v) is 12.2. The van der Waals surface area contributed by atoms with Gasteiger partial charge < -0.3 is 10.1 Å². The maximum absolute atomic E-state index is 5.85. The molecule has 1 N–H and O–H groups in total. The Hall–Kier alpha value is -1.32. The normalized spacial score (nSPS) is 17.8. The summed E-state index contributed by atoms with van der Waals surface area (Å²) >= 11 is 3.45. The highest BCUT2D eigenvalue weighted by Crippen LogP contribution is 2.20. The molecule has 3 heteroatoms. The van der Waals surface area contributed by atoms with Gasteiger partial charge in [-0.15, -0.1) is 0 Å². The lowest BCUT2D eigenvalue weighted by molar-refractivity contribution is 0.256. The summed E-state index contributed by atoms with van der Waals surface area (Å²) < 4.78 is 6.90. The average molecular weight is 318 g/mol. The van der Waals surface area contributed by atoms with Gasteiger partial charge in [-0.1, -0.05) is 46.3 Å². The van der Waals surface area contributed by atoms with Crippen molar-refractivity contribution in [1.82, 2.24) is 5.32 Å². The average Bonchev–Trinajstić information content (AvgIpc) is 2.45. The lowest BCUT2D eigenvalue weighted by Gasteiger charge is -2.26. The Labute approximate surface area is 121 Å². The Morgan fingerprint density at radius 2 is 1.95 bits per heavy atom. The predicted octanol–water partition coefficient (Wildman–Crippen LogP) is 3.54. The Kier molecular flexibility index (Phi) is 3.85. The Balaban J connectivity index is 1.61. The molecule has 98 valence electrons. The number of rotatable bonds is 3. The molecule has 0 amide bonds. The van der Waals surface area contributed by atoms with E-state index in [9.17, 15) is 0 Å². The molecule has 2 aromatic carbocycles. The largest absolute Gasteiger partial charge is 0.492 e. The van der Waals surface area contributed by atoms with E-state index in [2.05, 4.69) is 45.5 Å². The van der Waals surface area contributed by atoms with E-state index in [4.69, 9.17) is 4.74 Å². The van der Waals surface area contributed by atoms with E-state index >= 15 is 0 Å². The molecule has 2 aromatic rings. The summed E-state index contributed by atoms with van der Waals surface area (Å²) in [6.07, 6.45) is 1.03. The van der Waals surface area contributed by atoms with Crippen LogP contribution in [0.4, 0.5) is 0 Å². The second kappa shape index (κ2) is 5.76. The summed E-state index contributed by atoms with van der Waals surface area (Å²) in [7, 11) is 0. The molecule has 2 nitrogen and oxygen atoms in total. The first-order valence-corrected chi connectivity index (χ1v) is 7.29. The number of nitrogens with one attached hydrogen (secondary N) is 1. The van der Waals surface area contributed by atoms with Crippen molar-refractivity contribution in [3.63, 3.8) is 0 Å². The minimum Gasteiger partial charge on any atom is -0.492 e. The van der Waals surface area contributed by atoms with Crippen LogP contribution < -0.4 is 10.1 Å². The molecule has 1 aliphatic heterocycles. The minimum atomic E-state index is 0.383. The molecule has 0 saturated carbocycles. The third-order valence-electron chi connectivity index (χ3n) is 3.41. The van der Waals surface area contributed by atoms with Crippen LogP contribution in [0, 0.1) is 0 Å². The third-order valence-corrected chi connectivity index (χ3v) is 3.91. The number of hydrogen-bond acceptors (Lipinski definition) is 2. The van der Waals surface area contributed by atoms with Gasteiger partial charge in [0.25, 0.3) is 0 Å². The summed E-state index contributed by atoms with van der Waals surface area (Å²) in [5.74, 6) is 0.912. The van der Waals surface area contributed by atoms with Gasteiger partial charge in [0.2, 0.25) is 0 Å². The van der Waals surface area contributed by atoms with Crippen molar-refractivity contribution < 1.29 is 4.74 Å². The molecular weight excluding hydrogens is 302 g/mol. The maximum Gasteiger partial charge on any atom is 0.120 e. The highest BCUT2D eigenvalue weighted by atomic mass is 79.9. The van der Waals surface area contributed by atoms with Crippen molar-refractivity contribution in [2.24, 2.45) is 0 Å². The van der Waals surface area contributed by atoms with Crippen molar-refractivity contribution in [2.75, 3.05) is 6.61 Å². The third kappa shape index (κ3) is 3.17. The topological polar surface area (TPSA) is 21.3 Å². The zero-order chi connectivity index (χ0) is 13.1. The summed E-state index contributed by atoms with van der Waals surface area (Å²) in [6.45, 7) is 1.63. The smallest absolute Gasteiger partial charge is 0.120 e. The van der Waals surface area contributed by atoms with Crippen LogP contribution in [0.1, 0.15) is 11.1 Å². The molecule has 1 heterocycles. The first-order valence-electron chi connectivity index (χ1n) is 6.50. The first-order chi connectivity index (χ1) is 9.31. The van der Waals surface area contributed by atoms with Gasteiger partial charge in [-0.3, -0.25) is 0 Å². The Bertz CT molecular complexity index is 570. The van der Waals surface area contributed by atoms with Gasteiger partial charge in [-0.2, -0.15) is 0 Å². The fourth-order valence-corrected chi connectivity index (χ4v) is 2.77. The summed E-state index contributed by atoms with van der Waals surface area (Å²) in [5, 5.41) is 3.52. The van der Waals surface area contributed by atoms with Crippen LogP contribution in [0.3, 0.4) is 0 Å². The Morgan fingerprint density at radius 1 is 1.11 bits per heavy atom. The number of benzene rings is 2. The fraction of sp³-hybridized carbons (Fsp3) is 0.250. The second-order valence-corrected chi connectivity index (χ2v) is 5.73. The molecule has 0 saturated heterocycles. The molecule has 1 atom stereocenters. The van der Waals surface area contributed by atoms with Gasteiger partial charge in [-0.25, -0.2) is 0 Å². The van der Waals surface area contributed by atoms with Gasteiger partial charge in [0.05, 0.1) is 0 Å². The predicted molar refractivity (Wildman–Crippen MR) is 80.4 cm³/mol. The van der Waals surface area contributed by atoms with Crippen LogP contribution in [-0.2, 0) is 13.0 Å². The second-order valence-electron chi connectivity index (χ2n) is 4.82.